The number of aliphatic imine (C=N–C) groups is 1. The summed E-state index contributed by atoms with van der Waals surface area (Å²) < 4.78 is 32.2. The van der Waals surface area contributed by atoms with Crippen molar-refractivity contribution in [1.82, 2.24) is 14.9 Å². The van der Waals surface area contributed by atoms with Gasteiger partial charge < -0.3 is 15.0 Å². The van der Waals surface area contributed by atoms with Crippen LogP contribution in [-0.4, -0.2) is 64.6 Å². The molecule has 1 fully saturated rings. The van der Waals surface area contributed by atoms with Gasteiger partial charge in [-0.3, -0.25) is 9.79 Å². The average molecular weight is 544 g/mol. The number of carbonyl (C=O) groups excluding carboxylic acids is 1. The van der Waals surface area contributed by atoms with Crippen LogP contribution in [0.4, 0.5) is 0 Å². The van der Waals surface area contributed by atoms with Gasteiger partial charge in [-0.1, -0.05) is 6.07 Å². The lowest BCUT2D eigenvalue weighted by atomic mass is 9.97. The number of ether oxygens (including phenoxy) is 1. The quantitative estimate of drug-likeness (QED) is 0.171. The summed E-state index contributed by atoms with van der Waals surface area (Å²) in [5.41, 5.74) is 0. The minimum atomic E-state index is -3.46. The number of carbonyl (C=O) groups is 1. The second-order valence-electron chi connectivity index (χ2n) is 6.08. The van der Waals surface area contributed by atoms with Crippen LogP contribution in [0.15, 0.2) is 26.7 Å². The van der Waals surface area contributed by atoms with Crippen LogP contribution in [-0.2, 0) is 19.6 Å². The Morgan fingerprint density at radius 3 is 2.64 bits per heavy atom. The van der Waals surface area contributed by atoms with E-state index in [1.807, 2.05) is 13.8 Å². The zero-order valence-corrected chi connectivity index (χ0v) is 20.2. The predicted molar refractivity (Wildman–Crippen MR) is 122 cm³/mol. The third-order valence-electron chi connectivity index (χ3n) is 4.17. The Kier molecular flexibility index (Phi) is 11.3. The third-order valence-corrected chi connectivity index (χ3v) is 7.03. The van der Waals surface area contributed by atoms with Crippen LogP contribution in [0.5, 0.6) is 0 Å². The Bertz CT molecular complexity index is 718. The number of halogens is 1. The van der Waals surface area contributed by atoms with Crippen LogP contribution < -0.4 is 10.0 Å². The number of piperidine rings is 1. The minimum Gasteiger partial charge on any atom is -0.466 e. The maximum absolute atomic E-state index is 12.1. The maximum Gasteiger partial charge on any atom is 0.309 e. The normalized spacial score (nSPS) is 15.8. The number of hydrogen-bond donors (Lipinski definition) is 2. The van der Waals surface area contributed by atoms with Gasteiger partial charge in [0.25, 0.3) is 0 Å². The van der Waals surface area contributed by atoms with E-state index >= 15 is 0 Å². The van der Waals surface area contributed by atoms with Gasteiger partial charge in [-0.15, -0.1) is 35.3 Å². The molecule has 2 rings (SSSR count). The molecule has 0 amide bonds. The highest BCUT2D eigenvalue weighted by molar-refractivity contribution is 14.0. The van der Waals surface area contributed by atoms with Crippen LogP contribution >= 0.6 is 35.3 Å². The first-order valence-corrected chi connectivity index (χ1v) is 11.6. The largest absolute Gasteiger partial charge is 0.466 e. The Morgan fingerprint density at radius 2 is 2.07 bits per heavy atom. The van der Waals surface area contributed by atoms with Gasteiger partial charge in [-0.2, -0.15) is 0 Å². The van der Waals surface area contributed by atoms with E-state index in [1.165, 1.54) is 11.3 Å². The summed E-state index contributed by atoms with van der Waals surface area (Å²) in [6.45, 7) is 6.93. The van der Waals surface area contributed by atoms with E-state index in [-0.39, 0.29) is 42.4 Å². The van der Waals surface area contributed by atoms with Gasteiger partial charge in [0.15, 0.2) is 5.96 Å². The molecule has 0 saturated carbocycles. The van der Waals surface area contributed by atoms with Crippen molar-refractivity contribution in [2.45, 2.75) is 30.9 Å². The molecule has 0 spiro atoms. The number of esters is 1. The number of likely N-dealkylation sites (tertiary alicyclic amines) is 1. The van der Waals surface area contributed by atoms with Gasteiger partial charge in [-0.05, 0) is 38.1 Å². The summed E-state index contributed by atoms with van der Waals surface area (Å²) in [4.78, 5) is 18.5. The lowest BCUT2D eigenvalue weighted by Crippen LogP contribution is -2.47. The monoisotopic (exact) mass is 544 g/mol. The number of rotatable bonds is 8. The summed E-state index contributed by atoms with van der Waals surface area (Å²) in [6, 6.07) is 3.29. The van der Waals surface area contributed by atoms with Crippen molar-refractivity contribution >= 4 is 57.3 Å². The smallest absolute Gasteiger partial charge is 0.309 e. The molecule has 1 aliphatic rings. The predicted octanol–water partition coefficient (Wildman–Crippen LogP) is 1.89. The van der Waals surface area contributed by atoms with Crippen LogP contribution in [0.2, 0.25) is 0 Å². The van der Waals surface area contributed by atoms with E-state index in [0.29, 0.717) is 17.4 Å². The fraction of sp³-hybridized carbons (Fsp3) is 0.647. The third kappa shape index (κ3) is 7.48. The fourth-order valence-corrected chi connectivity index (χ4v) is 4.90. The lowest BCUT2D eigenvalue weighted by Gasteiger charge is -2.33. The molecule has 0 aliphatic carbocycles. The highest BCUT2D eigenvalue weighted by Gasteiger charge is 2.27. The standard InChI is InChI=1S/C17H28N4O4S2.HI/c1-3-18-17(21-11-7-14(8-12-21)16(22)25-4-2)19-9-10-20-27(23,24)15-6-5-13-26-15;/h5-6,13-14,20H,3-4,7-12H2,1-2H3,(H,18,19);1H. The van der Waals surface area contributed by atoms with E-state index in [0.717, 1.165) is 38.4 Å². The zero-order chi connectivity index (χ0) is 19.7. The number of nitrogens with zero attached hydrogens (tertiary/aromatic N) is 2. The van der Waals surface area contributed by atoms with Crippen molar-refractivity contribution in [3.05, 3.63) is 17.5 Å². The molecular weight excluding hydrogens is 515 g/mol. The molecule has 0 radical (unpaired) electrons. The number of thiophene rings is 1. The first-order chi connectivity index (χ1) is 13.0. The Hall–Kier alpha value is -0.920. The first-order valence-electron chi connectivity index (χ1n) is 9.21. The molecule has 1 aromatic heterocycles. The second kappa shape index (κ2) is 12.6. The summed E-state index contributed by atoms with van der Waals surface area (Å²) in [5, 5.41) is 4.96. The minimum absolute atomic E-state index is 0. The van der Waals surface area contributed by atoms with Gasteiger partial charge in [-0.25, -0.2) is 13.1 Å². The first kappa shape index (κ1) is 25.1. The molecule has 160 valence electrons. The Balaban J connectivity index is 0.00000392. The van der Waals surface area contributed by atoms with Crippen molar-refractivity contribution in [2.24, 2.45) is 10.9 Å². The van der Waals surface area contributed by atoms with Crippen molar-refractivity contribution in [3.63, 3.8) is 0 Å². The van der Waals surface area contributed by atoms with Crippen LogP contribution in [0.1, 0.15) is 26.7 Å². The molecule has 0 unspecified atom stereocenters. The fourth-order valence-electron chi connectivity index (χ4n) is 2.84. The second-order valence-corrected chi connectivity index (χ2v) is 9.02. The Morgan fingerprint density at radius 1 is 1.36 bits per heavy atom. The molecule has 28 heavy (non-hydrogen) atoms. The SMILES string of the molecule is CCNC(=NCCNS(=O)(=O)c1cccs1)N1CCC(C(=O)OCC)CC1.I. The van der Waals surface area contributed by atoms with Gasteiger partial charge in [0, 0.05) is 26.2 Å². The molecule has 0 bridgehead atoms. The lowest BCUT2D eigenvalue weighted by molar-refractivity contribution is -0.149. The maximum atomic E-state index is 12.1. The van der Waals surface area contributed by atoms with Crippen LogP contribution in [0.25, 0.3) is 0 Å². The molecule has 2 heterocycles. The molecule has 8 nitrogen and oxygen atoms in total. The van der Waals surface area contributed by atoms with Gasteiger partial charge >= 0.3 is 5.97 Å². The molecule has 0 atom stereocenters. The zero-order valence-electron chi connectivity index (χ0n) is 16.2. The van der Waals surface area contributed by atoms with E-state index in [1.54, 1.807) is 17.5 Å². The number of sulfonamides is 1. The van der Waals surface area contributed by atoms with Crippen molar-refractivity contribution in [2.75, 3.05) is 39.3 Å². The number of guanidine groups is 1. The van der Waals surface area contributed by atoms with E-state index in [4.69, 9.17) is 4.74 Å². The molecule has 1 aliphatic heterocycles. The average Bonchev–Trinajstić information content (AvgIpc) is 3.20. The van der Waals surface area contributed by atoms with E-state index < -0.39 is 10.0 Å². The van der Waals surface area contributed by atoms with Gasteiger partial charge in [0.2, 0.25) is 10.0 Å². The molecule has 1 saturated heterocycles. The van der Waals surface area contributed by atoms with Crippen LogP contribution in [0.3, 0.4) is 0 Å². The van der Waals surface area contributed by atoms with Gasteiger partial charge in [0.05, 0.1) is 19.1 Å². The van der Waals surface area contributed by atoms with Gasteiger partial charge in [0.1, 0.15) is 4.21 Å². The van der Waals surface area contributed by atoms with Crippen molar-refractivity contribution in [3.8, 4) is 0 Å². The molecular formula is C17H29IN4O4S2. The number of nitrogens with one attached hydrogen (secondary N) is 2. The summed E-state index contributed by atoms with van der Waals surface area (Å²) in [5.74, 6) is 0.568. The highest BCUT2D eigenvalue weighted by atomic mass is 127. The molecule has 0 aromatic carbocycles. The van der Waals surface area contributed by atoms with Crippen molar-refractivity contribution in [1.29, 1.82) is 0 Å². The van der Waals surface area contributed by atoms with E-state index in [9.17, 15) is 13.2 Å². The van der Waals surface area contributed by atoms with Crippen LogP contribution in [0, 0.1) is 5.92 Å². The molecule has 1 aromatic rings. The highest BCUT2D eigenvalue weighted by Crippen LogP contribution is 2.19. The number of hydrogen-bond acceptors (Lipinski definition) is 6. The summed E-state index contributed by atoms with van der Waals surface area (Å²) >= 11 is 1.19. The summed E-state index contributed by atoms with van der Waals surface area (Å²) in [6.07, 6.45) is 1.46. The molecule has 2 N–H and O–H groups in total. The van der Waals surface area contributed by atoms with Crippen molar-refractivity contribution < 1.29 is 17.9 Å². The van der Waals surface area contributed by atoms with E-state index in [2.05, 4.69) is 19.9 Å². The Labute approximate surface area is 188 Å². The topological polar surface area (TPSA) is 100 Å². The summed E-state index contributed by atoms with van der Waals surface area (Å²) in [7, 11) is -3.46. The molecule has 11 heteroatoms.